The first-order valence-electron chi connectivity index (χ1n) is 6.97. The molecule has 1 aliphatic rings. The Kier molecular flexibility index (Phi) is 3.82. The van der Waals surface area contributed by atoms with Crippen molar-refractivity contribution in [1.29, 1.82) is 0 Å². The smallest absolute Gasteiger partial charge is 0.225 e. The van der Waals surface area contributed by atoms with Crippen LogP contribution in [0.4, 0.5) is 0 Å². The third-order valence-electron chi connectivity index (χ3n) is 3.55. The van der Waals surface area contributed by atoms with E-state index in [1.54, 1.807) is 17.7 Å². The van der Waals surface area contributed by atoms with Crippen molar-refractivity contribution in [2.24, 2.45) is 5.92 Å². The minimum Gasteiger partial charge on any atom is -0.345 e. The maximum absolute atomic E-state index is 12.2. The number of rotatable bonds is 6. The number of aromatic nitrogens is 3. The predicted molar refractivity (Wildman–Crippen MR) is 77.3 cm³/mol. The molecule has 0 saturated heterocycles. The van der Waals surface area contributed by atoms with Gasteiger partial charge >= 0.3 is 0 Å². The first-order chi connectivity index (χ1) is 9.78. The van der Waals surface area contributed by atoms with Crippen molar-refractivity contribution in [3.63, 3.8) is 0 Å². The van der Waals surface area contributed by atoms with Crippen LogP contribution in [0.3, 0.4) is 0 Å². The Morgan fingerprint density at radius 3 is 3.10 bits per heavy atom. The fraction of sp³-hybridized carbons (Fsp3) is 0.500. The Labute approximate surface area is 122 Å². The lowest BCUT2D eigenvalue weighted by Gasteiger charge is -2.18. The molecule has 1 fully saturated rings. The molecular formula is C14H18N4OS. The highest BCUT2D eigenvalue weighted by molar-refractivity contribution is 7.10. The van der Waals surface area contributed by atoms with Crippen LogP contribution in [0.5, 0.6) is 0 Å². The zero-order valence-electron chi connectivity index (χ0n) is 11.5. The molecule has 1 atom stereocenters. The van der Waals surface area contributed by atoms with Gasteiger partial charge in [-0.1, -0.05) is 6.07 Å². The molecule has 2 aromatic heterocycles. The van der Waals surface area contributed by atoms with Gasteiger partial charge in [0, 0.05) is 11.4 Å². The van der Waals surface area contributed by atoms with E-state index >= 15 is 0 Å². The summed E-state index contributed by atoms with van der Waals surface area (Å²) in [5, 5.41) is 9.34. The van der Waals surface area contributed by atoms with E-state index in [0.717, 1.165) is 30.1 Å². The second-order valence-corrected chi connectivity index (χ2v) is 6.11. The molecule has 0 bridgehead atoms. The monoisotopic (exact) mass is 290 g/mol. The summed E-state index contributed by atoms with van der Waals surface area (Å²) in [5.74, 6) is 1.46. The van der Waals surface area contributed by atoms with E-state index in [4.69, 9.17) is 0 Å². The Bertz CT molecular complexity index is 574. The van der Waals surface area contributed by atoms with Gasteiger partial charge in [-0.25, -0.2) is 9.67 Å². The number of nitrogens with one attached hydrogen (secondary N) is 1. The largest absolute Gasteiger partial charge is 0.345 e. The van der Waals surface area contributed by atoms with E-state index in [1.165, 1.54) is 0 Å². The van der Waals surface area contributed by atoms with Gasteiger partial charge in [-0.3, -0.25) is 4.79 Å². The highest BCUT2D eigenvalue weighted by Crippen LogP contribution is 2.40. The van der Waals surface area contributed by atoms with E-state index in [-0.39, 0.29) is 11.9 Å². The summed E-state index contributed by atoms with van der Waals surface area (Å²) in [6, 6.07) is 3.97. The van der Waals surface area contributed by atoms with E-state index in [2.05, 4.69) is 15.4 Å². The summed E-state index contributed by atoms with van der Waals surface area (Å²) >= 11 is 1.61. The maximum Gasteiger partial charge on any atom is 0.225 e. The molecule has 6 heteroatoms. The van der Waals surface area contributed by atoms with Crippen molar-refractivity contribution in [1.82, 2.24) is 20.1 Å². The number of nitrogens with zero attached hydrogens (tertiary/aromatic N) is 3. The SMILES string of the molecule is CCn1ncnc1[C@@H](NC(=O)Cc1cccs1)C1CC1. The zero-order valence-corrected chi connectivity index (χ0v) is 12.3. The zero-order chi connectivity index (χ0) is 13.9. The second kappa shape index (κ2) is 5.75. The van der Waals surface area contributed by atoms with Crippen LogP contribution < -0.4 is 5.32 Å². The van der Waals surface area contributed by atoms with Crippen LogP contribution in [0.1, 0.15) is 36.5 Å². The summed E-state index contributed by atoms with van der Waals surface area (Å²) in [6.07, 6.45) is 4.32. The van der Waals surface area contributed by atoms with Crippen molar-refractivity contribution >= 4 is 17.2 Å². The molecular weight excluding hydrogens is 272 g/mol. The highest BCUT2D eigenvalue weighted by atomic mass is 32.1. The predicted octanol–water partition coefficient (Wildman–Crippen LogP) is 2.17. The van der Waals surface area contributed by atoms with Gasteiger partial charge in [-0.15, -0.1) is 11.3 Å². The van der Waals surface area contributed by atoms with Gasteiger partial charge in [0.1, 0.15) is 12.2 Å². The lowest BCUT2D eigenvalue weighted by atomic mass is 10.1. The van der Waals surface area contributed by atoms with E-state index < -0.39 is 0 Å². The van der Waals surface area contributed by atoms with Crippen molar-refractivity contribution in [2.45, 2.75) is 38.8 Å². The summed E-state index contributed by atoms with van der Waals surface area (Å²) in [4.78, 5) is 17.6. The molecule has 20 heavy (non-hydrogen) atoms. The fourth-order valence-corrected chi connectivity index (χ4v) is 3.08. The molecule has 1 N–H and O–H groups in total. The average molecular weight is 290 g/mol. The summed E-state index contributed by atoms with van der Waals surface area (Å²) in [6.45, 7) is 2.81. The van der Waals surface area contributed by atoms with Crippen molar-refractivity contribution in [3.8, 4) is 0 Å². The van der Waals surface area contributed by atoms with Crippen LogP contribution in [-0.4, -0.2) is 20.7 Å². The van der Waals surface area contributed by atoms with Gasteiger partial charge in [-0.2, -0.15) is 5.10 Å². The molecule has 3 rings (SSSR count). The van der Waals surface area contributed by atoms with Crippen LogP contribution in [0.15, 0.2) is 23.8 Å². The Morgan fingerprint density at radius 1 is 1.60 bits per heavy atom. The molecule has 106 valence electrons. The van der Waals surface area contributed by atoms with Crippen molar-refractivity contribution in [3.05, 3.63) is 34.5 Å². The van der Waals surface area contributed by atoms with Gasteiger partial charge in [0.25, 0.3) is 0 Å². The summed E-state index contributed by atoms with van der Waals surface area (Å²) in [5.41, 5.74) is 0. The minimum absolute atomic E-state index is 0.00455. The van der Waals surface area contributed by atoms with E-state index in [1.807, 2.05) is 29.1 Å². The number of hydrogen-bond donors (Lipinski definition) is 1. The van der Waals surface area contributed by atoms with Gasteiger partial charge in [-0.05, 0) is 37.1 Å². The van der Waals surface area contributed by atoms with Crippen LogP contribution in [0.2, 0.25) is 0 Å². The highest BCUT2D eigenvalue weighted by Gasteiger charge is 2.36. The topological polar surface area (TPSA) is 59.8 Å². The molecule has 0 aliphatic heterocycles. The first kappa shape index (κ1) is 13.3. The standard InChI is InChI=1S/C14H18N4OS/c1-2-18-14(15-9-16-18)13(10-5-6-10)17-12(19)8-11-4-3-7-20-11/h3-4,7,9-10,13H,2,5-6,8H2,1H3,(H,17,19)/t13-/m0/s1. The number of carbonyl (C=O) groups excluding carboxylic acids is 1. The van der Waals surface area contributed by atoms with Crippen LogP contribution in [-0.2, 0) is 17.8 Å². The first-order valence-corrected chi connectivity index (χ1v) is 7.85. The number of thiophene rings is 1. The van der Waals surface area contributed by atoms with E-state index in [9.17, 15) is 4.79 Å². The maximum atomic E-state index is 12.2. The van der Waals surface area contributed by atoms with Crippen molar-refractivity contribution in [2.75, 3.05) is 0 Å². The lowest BCUT2D eigenvalue weighted by Crippen LogP contribution is -2.33. The van der Waals surface area contributed by atoms with Gasteiger partial charge < -0.3 is 5.32 Å². The molecule has 1 amide bonds. The van der Waals surface area contributed by atoms with Gasteiger partial charge in [0.15, 0.2) is 0 Å². The van der Waals surface area contributed by atoms with E-state index in [0.29, 0.717) is 12.3 Å². The second-order valence-electron chi connectivity index (χ2n) is 5.07. The van der Waals surface area contributed by atoms with Crippen LogP contribution in [0, 0.1) is 5.92 Å². The molecule has 5 nitrogen and oxygen atoms in total. The summed E-state index contributed by atoms with van der Waals surface area (Å²) in [7, 11) is 0. The van der Waals surface area contributed by atoms with Crippen LogP contribution >= 0.6 is 11.3 Å². The minimum atomic E-state index is 0.00455. The quantitative estimate of drug-likeness (QED) is 0.887. The third-order valence-corrected chi connectivity index (χ3v) is 4.42. The Hall–Kier alpha value is -1.69. The normalized spacial score (nSPS) is 16.1. The van der Waals surface area contributed by atoms with Crippen molar-refractivity contribution < 1.29 is 4.79 Å². The summed E-state index contributed by atoms with van der Waals surface area (Å²) < 4.78 is 1.87. The van der Waals surface area contributed by atoms with Crippen LogP contribution in [0.25, 0.3) is 0 Å². The molecule has 0 unspecified atom stereocenters. The number of carbonyl (C=O) groups is 1. The molecule has 1 aliphatic carbocycles. The van der Waals surface area contributed by atoms with Gasteiger partial charge in [0.2, 0.25) is 5.91 Å². The average Bonchev–Trinajstić information content (AvgIpc) is 2.96. The molecule has 1 saturated carbocycles. The molecule has 0 spiro atoms. The Morgan fingerprint density at radius 2 is 2.45 bits per heavy atom. The Balaban J connectivity index is 1.70. The fourth-order valence-electron chi connectivity index (χ4n) is 2.38. The molecule has 2 heterocycles. The molecule has 2 aromatic rings. The number of amides is 1. The van der Waals surface area contributed by atoms with Gasteiger partial charge in [0.05, 0.1) is 12.5 Å². The molecule has 0 radical (unpaired) electrons. The molecule has 0 aromatic carbocycles. The third kappa shape index (κ3) is 2.90. The number of aryl methyl sites for hydroxylation is 1. The lowest BCUT2D eigenvalue weighted by molar-refractivity contribution is -0.121. The number of hydrogen-bond acceptors (Lipinski definition) is 4.